The molecule has 3 unspecified atom stereocenters. The van der Waals surface area contributed by atoms with Crippen LogP contribution in [0, 0.1) is 12.8 Å². The molecule has 1 heterocycles. The van der Waals surface area contributed by atoms with E-state index >= 15 is 0 Å². The predicted molar refractivity (Wildman–Crippen MR) is 96.3 cm³/mol. The third kappa shape index (κ3) is 4.06. The summed E-state index contributed by atoms with van der Waals surface area (Å²) in [6, 6.07) is 6.78. The van der Waals surface area contributed by atoms with Crippen LogP contribution in [0.1, 0.15) is 44.1 Å². The van der Waals surface area contributed by atoms with Gasteiger partial charge in [-0.05, 0) is 50.7 Å². The lowest BCUT2D eigenvalue weighted by Crippen LogP contribution is -2.43. The average Bonchev–Trinajstić information content (AvgIpc) is 2.94. The second-order valence-corrected chi connectivity index (χ2v) is 9.53. The number of rotatable bonds is 6. The molecule has 1 saturated carbocycles. The Morgan fingerprint density at radius 2 is 1.88 bits per heavy atom. The standard InChI is InChI=1S/C19H27NO4S/c1-14-7-9-16(10-8-14)25(23,24)12-4-11-20-17-6-3-2-5-15(17)13-18(20)19(21)22/h7-10,15,17-18H,2-6,11-13H2,1H3,(H,21,22). The van der Waals surface area contributed by atoms with Crippen molar-refractivity contribution in [3.8, 4) is 0 Å². The molecule has 5 nitrogen and oxygen atoms in total. The molecule has 1 saturated heterocycles. The zero-order valence-electron chi connectivity index (χ0n) is 14.7. The molecule has 1 aromatic rings. The Hall–Kier alpha value is -1.40. The van der Waals surface area contributed by atoms with Crippen molar-refractivity contribution in [3.63, 3.8) is 0 Å². The molecule has 1 N–H and O–H groups in total. The summed E-state index contributed by atoms with van der Waals surface area (Å²) in [7, 11) is -3.31. The van der Waals surface area contributed by atoms with E-state index in [2.05, 4.69) is 4.90 Å². The van der Waals surface area contributed by atoms with Crippen molar-refractivity contribution in [3.05, 3.63) is 29.8 Å². The number of sulfone groups is 1. The van der Waals surface area contributed by atoms with Crippen LogP contribution in [0.5, 0.6) is 0 Å². The first-order valence-electron chi connectivity index (χ1n) is 9.16. The number of nitrogens with zero attached hydrogens (tertiary/aromatic N) is 1. The van der Waals surface area contributed by atoms with E-state index in [0.717, 1.165) is 24.8 Å². The van der Waals surface area contributed by atoms with Crippen molar-refractivity contribution in [2.45, 2.75) is 62.4 Å². The zero-order chi connectivity index (χ0) is 18.0. The Morgan fingerprint density at radius 1 is 1.20 bits per heavy atom. The molecule has 0 spiro atoms. The maximum absolute atomic E-state index is 12.5. The van der Waals surface area contributed by atoms with E-state index < -0.39 is 21.8 Å². The van der Waals surface area contributed by atoms with Crippen LogP contribution in [0.4, 0.5) is 0 Å². The lowest BCUT2D eigenvalue weighted by molar-refractivity contribution is -0.142. The van der Waals surface area contributed by atoms with Gasteiger partial charge in [0.2, 0.25) is 0 Å². The number of aliphatic carboxylic acids is 1. The lowest BCUT2D eigenvalue weighted by Gasteiger charge is -2.32. The van der Waals surface area contributed by atoms with E-state index in [-0.39, 0.29) is 5.75 Å². The summed E-state index contributed by atoms with van der Waals surface area (Å²) in [5.41, 5.74) is 1.03. The Balaban J connectivity index is 1.63. The molecule has 3 rings (SSSR count). The van der Waals surface area contributed by atoms with Crippen LogP contribution in [0.25, 0.3) is 0 Å². The quantitative estimate of drug-likeness (QED) is 0.839. The molecule has 0 amide bonds. The first-order chi connectivity index (χ1) is 11.9. The number of carboxylic acid groups (broad SMARTS) is 1. The summed E-state index contributed by atoms with van der Waals surface area (Å²) in [5, 5.41) is 9.53. The molecule has 25 heavy (non-hydrogen) atoms. The number of hydrogen-bond donors (Lipinski definition) is 1. The van der Waals surface area contributed by atoms with Gasteiger partial charge in [-0.25, -0.2) is 8.42 Å². The largest absolute Gasteiger partial charge is 0.480 e. The molecule has 1 aliphatic carbocycles. The smallest absolute Gasteiger partial charge is 0.320 e. The van der Waals surface area contributed by atoms with E-state index in [4.69, 9.17) is 0 Å². The third-order valence-corrected chi connectivity index (χ3v) is 7.53. The van der Waals surface area contributed by atoms with E-state index in [1.807, 2.05) is 6.92 Å². The van der Waals surface area contributed by atoms with Gasteiger partial charge in [-0.2, -0.15) is 0 Å². The zero-order valence-corrected chi connectivity index (χ0v) is 15.5. The minimum absolute atomic E-state index is 0.0658. The molecule has 0 bridgehead atoms. The van der Waals surface area contributed by atoms with Gasteiger partial charge in [-0.3, -0.25) is 9.69 Å². The van der Waals surface area contributed by atoms with E-state index in [1.54, 1.807) is 24.3 Å². The fourth-order valence-corrected chi connectivity index (χ4v) is 5.71. The molecule has 3 atom stereocenters. The molecule has 0 radical (unpaired) electrons. The summed E-state index contributed by atoms with van der Waals surface area (Å²) in [6.07, 6.45) is 5.66. The number of carbonyl (C=O) groups is 1. The van der Waals surface area contributed by atoms with E-state index in [1.165, 1.54) is 6.42 Å². The number of benzene rings is 1. The minimum Gasteiger partial charge on any atom is -0.480 e. The second kappa shape index (κ2) is 7.46. The van der Waals surface area contributed by atoms with Gasteiger partial charge in [-0.1, -0.05) is 30.5 Å². The van der Waals surface area contributed by atoms with Gasteiger partial charge < -0.3 is 5.11 Å². The number of carboxylic acids is 1. The average molecular weight is 365 g/mol. The van der Waals surface area contributed by atoms with Gasteiger partial charge in [-0.15, -0.1) is 0 Å². The Labute approximate surface area is 150 Å². The van der Waals surface area contributed by atoms with Gasteiger partial charge in [0.25, 0.3) is 0 Å². The highest BCUT2D eigenvalue weighted by atomic mass is 32.2. The monoisotopic (exact) mass is 365 g/mol. The van der Waals surface area contributed by atoms with Crippen molar-refractivity contribution in [1.29, 1.82) is 0 Å². The van der Waals surface area contributed by atoms with Crippen LogP contribution >= 0.6 is 0 Å². The molecule has 6 heteroatoms. The predicted octanol–water partition coefficient (Wildman–Crippen LogP) is 2.88. The van der Waals surface area contributed by atoms with Crippen LogP contribution in [0.15, 0.2) is 29.2 Å². The van der Waals surface area contributed by atoms with Crippen molar-refractivity contribution in [1.82, 2.24) is 4.90 Å². The molecule has 1 aromatic carbocycles. The molecule has 2 fully saturated rings. The van der Waals surface area contributed by atoms with Crippen molar-refractivity contribution in [2.75, 3.05) is 12.3 Å². The Morgan fingerprint density at radius 3 is 2.56 bits per heavy atom. The first kappa shape index (κ1) is 18.4. The van der Waals surface area contributed by atoms with Crippen molar-refractivity contribution < 1.29 is 18.3 Å². The van der Waals surface area contributed by atoms with Crippen molar-refractivity contribution in [2.24, 2.45) is 5.92 Å². The normalized spacial score (nSPS) is 27.2. The van der Waals surface area contributed by atoms with Crippen LogP contribution in [-0.2, 0) is 14.6 Å². The van der Waals surface area contributed by atoms with Crippen LogP contribution in [0.2, 0.25) is 0 Å². The van der Waals surface area contributed by atoms with Gasteiger partial charge >= 0.3 is 5.97 Å². The summed E-state index contributed by atoms with van der Waals surface area (Å²) in [5.74, 6) is -0.240. The maximum Gasteiger partial charge on any atom is 0.320 e. The van der Waals surface area contributed by atoms with Crippen LogP contribution < -0.4 is 0 Å². The van der Waals surface area contributed by atoms with Crippen LogP contribution in [0.3, 0.4) is 0 Å². The third-order valence-electron chi connectivity index (χ3n) is 5.72. The fourth-order valence-electron chi connectivity index (χ4n) is 4.42. The molecular weight excluding hydrogens is 338 g/mol. The van der Waals surface area contributed by atoms with Gasteiger partial charge in [0.05, 0.1) is 10.6 Å². The van der Waals surface area contributed by atoms with Gasteiger partial charge in [0, 0.05) is 12.6 Å². The van der Waals surface area contributed by atoms with E-state index in [0.29, 0.717) is 36.2 Å². The Kier molecular flexibility index (Phi) is 5.49. The van der Waals surface area contributed by atoms with E-state index in [9.17, 15) is 18.3 Å². The van der Waals surface area contributed by atoms with Gasteiger partial charge in [0.1, 0.15) is 6.04 Å². The summed E-state index contributed by atoms with van der Waals surface area (Å²) < 4.78 is 25.0. The minimum atomic E-state index is -3.31. The second-order valence-electron chi connectivity index (χ2n) is 7.42. The summed E-state index contributed by atoms with van der Waals surface area (Å²) in [6.45, 7) is 2.47. The molecule has 2 aliphatic rings. The highest BCUT2D eigenvalue weighted by Crippen LogP contribution is 2.39. The van der Waals surface area contributed by atoms with Crippen LogP contribution in [-0.4, -0.2) is 48.8 Å². The number of fused-ring (bicyclic) bond motifs is 1. The molecule has 138 valence electrons. The topological polar surface area (TPSA) is 74.7 Å². The van der Waals surface area contributed by atoms with Gasteiger partial charge in [0.15, 0.2) is 9.84 Å². The lowest BCUT2D eigenvalue weighted by atomic mass is 9.85. The molecular formula is C19H27NO4S. The number of likely N-dealkylation sites (tertiary alicyclic amines) is 1. The highest BCUT2D eigenvalue weighted by molar-refractivity contribution is 7.91. The highest BCUT2D eigenvalue weighted by Gasteiger charge is 2.44. The summed E-state index contributed by atoms with van der Waals surface area (Å²) >= 11 is 0. The molecule has 0 aromatic heterocycles. The molecule has 1 aliphatic heterocycles. The first-order valence-corrected chi connectivity index (χ1v) is 10.8. The number of aryl methyl sites for hydroxylation is 1. The summed E-state index contributed by atoms with van der Waals surface area (Å²) in [4.78, 5) is 14.0. The van der Waals surface area contributed by atoms with Crippen molar-refractivity contribution >= 4 is 15.8 Å². The fraction of sp³-hybridized carbons (Fsp3) is 0.632. The SMILES string of the molecule is Cc1ccc(S(=O)(=O)CCCN2C(C(=O)O)CC3CCCCC32)cc1. The maximum atomic E-state index is 12.5. The number of hydrogen-bond acceptors (Lipinski definition) is 4. The Bertz CT molecular complexity index is 713.